The van der Waals surface area contributed by atoms with Crippen LogP contribution in [-0.4, -0.2) is 15.0 Å². The van der Waals surface area contributed by atoms with E-state index in [4.69, 9.17) is 5.73 Å². The van der Waals surface area contributed by atoms with E-state index < -0.39 is 0 Å². The Hall–Kier alpha value is -1.91. The first-order valence-corrected chi connectivity index (χ1v) is 4.11. The summed E-state index contributed by atoms with van der Waals surface area (Å²) in [7, 11) is 0. The minimum absolute atomic E-state index is 0.272. The van der Waals surface area contributed by atoms with Crippen molar-refractivity contribution in [2.75, 3.05) is 5.73 Å². The van der Waals surface area contributed by atoms with Gasteiger partial charge in [-0.2, -0.15) is 5.10 Å². The third-order valence-corrected chi connectivity index (χ3v) is 1.88. The Balaban J connectivity index is 2.52. The topological polar surface area (TPSA) is 56.7 Å². The van der Waals surface area contributed by atoms with Crippen LogP contribution in [0.15, 0.2) is 24.4 Å². The van der Waals surface area contributed by atoms with Gasteiger partial charge in [0.1, 0.15) is 5.82 Å². The Labute approximate surface area is 80.2 Å². The van der Waals surface area contributed by atoms with Crippen LogP contribution in [-0.2, 0) is 0 Å². The van der Waals surface area contributed by atoms with Crippen LogP contribution in [0.4, 0.5) is 10.2 Å². The van der Waals surface area contributed by atoms with Crippen molar-refractivity contribution >= 4 is 5.82 Å². The molecule has 0 saturated carbocycles. The Bertz CT molecular complexity index is 464. The lowest BCUT2D eigenvalue weighted by molar-refractivity contribution is 0.624. The van der Waals surface area contributed by atoms with E-state index in [1.165, 1.54) is 23.1 Å². The molecule has 0 spiro atoms. The Kier molecular flexibility index (Phi) is 1.92. The van der Waals surface area contributed by atoms with Crippen LogP contribution in [0.2, 0.25) is 0 Å². The van der Waals surface area contributed by atoms with Crippen LogP contribution in [0, 0.1) is 12.7 Å². The standard InChI is InChI=1S/C9H9FN4/c1-6-4-7(10)2-3-8(6)14-12-5-9(11)13-14/h2-5H,1H3,(H2,11,13). The maximum absolute atomic E-state index is 12.8. The number of rotatable bonds is 1. The maximum Gasteiger partial charge on any atom is 0.166 e. The van der Waals surface area contributed by atoms with Crippen molar-refractivity contribution in [2.45, 2.75) is 6.92 Å². The molecule has 0 atom stereocenters. The van der Waals surface area contributed by atoms with Crippen LogP contribution >= 0.6 is 0 Å². The van der Waals surface area contributed by atoms with Gasteiger partial charge in [0.2, 0.25) is 0 Å². The molecule has 0 aliphatic rings. The maximum atomic E-state index is 12.8. The molecule has 1 aromatic carbocycles. The average Bonchev–Trinajstić information content (AvgIpc) is 2.51. The number of hydrogen-bond donors (Lipinski definition) is 1. The Morgan fingerprint density at radius 1 is 1.43 bits per heavy atom. The molecular formula is C9H9FN4. The number of anilines is 1. The van der Waals surface area contributed by atoms with Crippen LogP contribution in [0.25, 0.3) is 5.69 Å². The largest absolute Gasteiger partial charge is 0.381 e. The molecule has 1 heterocycles. The van der Waals surface area contributed by atoms with Gasteiger partial charge in [-0.3, -0.25) is 0 Å². The van der Waals surface area contributed by atoms with Crippen molar-refractivity contribution in [3.63, 3.8) is 0 Å². The summed E-state index contributed by atoms with van der Waals surface area (Å²) in [5.74, 6) is 0.0695. The summed E-state index contributed by atoms with van der Waals surface area (Å²) in [6, 6.07) is 4.40. The molecule has 0 aliphatic carbocycles. The van der Waals surface area contributed by atoms with E-state index in [-0.39, 0.29) is 5.82 Å². The monoisotopic (exact) mass is 192 g/mol. The molecule has 5 heteroatoms. The van der Waals surface area contributed by atoms with Crippen LogP contribution in [0.3, 0.4) is 0 Å². The molecular weight excluding hydrogens is 183 g/mol. The zero-order chi connectivity index (χ0) is 10.1. The third-order valence-electron chi connectivity index (χ3n) is 1.88. The first-order chi connectivity index (χ1) is 6.66. The van der Waals surface area contributed by atoms with Gasteiger partial charge in [-0.05, 0) is 30.7 Å². The van der Waals surface area contributed by atoms with Crippen molar-refractivity contribution in [1.29, 1.82) is 0 Å². The van der Waals surface area contributed by atoms with E-state index in [2.05, 4.69) is 10.2 Å². The molecule has 2 N–H and O–H groups in total. The Morgan fingerprint density at radius 2 is 2.21 bits per heavy atom. The lowest BCUT2D eigenvalue weighted by Gasteiger charge is -2.03. The summed E-state index contributed by atoms with van der Waals surface area (Å²) in [5, 5.41) is 7.87. The van der Waals surface area contributed by atoms with Gasteiger partial charge in [0.05, 0.1) is 11.9 Å². The molecule has 1 aromatic heterocycles. The minimum Gasteiger partial charge on any atom is -0.381 e. The third kappa shape index (κ3) is 1.44. The minimum atomic E-state index is -0.272. The molecule has 0 aliphatic heterocycles. The van der Waals surface area contributed by atoms with E-state index >= 15 is 0 Å². The predicted octanol–water partition coefficient (Wildman–Crippen LogP) is 1.30. The number of nitrogens with zero attached hydrogens (tertiary/aromatic N) is 3. The molecule has 0 fully saturated rings. The average molecular weight is 192 g/mol. The fraction of sp³-hybridized carbons (Fsp3) is 0.111. The van der Waals surface area contributed by atoms with Crippen molar-refractivity contribution in [3.05, 3.63) is 35.8 Å². The first-order valence-electron chi connectivity index (χ1n) is 4.11. The van der Waals surface area contributed by atoms with Crippen molar-refractivity contribution in [2.24, 2.45) is 0 Å². The van der Waals surface area contributed by atoms with Gasteiger partial charge in [0, 0.05) is 0 Å². The van der Waals surface area contributed by atoms with Crippen molar-refractivity contribution < 1.29 is 4.39 Å². The van der Waals surface area contributed by atoms with Gasteiger partial charge in [0.25, 0.3) is 0 Å². The summed E-state index contributed by atoms with van der Waals surface area (Å²) in [4.78, 5) is 1.38. The lowest BCUT2D eigenvalue weighted by Crippen LogP contribution is -2.02. The molecule has 0 radical (unpaired) electrons. The molecule has 0 bridgehead atoms. The van der Waals surface area contributed by atoms with E-state index in [9.17, 15) is 4.39 Å². The van der Waals surface area contributed by atoms with E-state index in [0.29, 0.717) is 5.82 Å². The van der Waals surface area contributed by atoms with E-state index in [1.54, 1.807) is 13.0 Å². The number of hydrogen-bond acceptors (Lipinski definition) is 3. The smallest absolute Gasteiger partial charge is 0.166 e. The number of nitrogens with two attached hydrogens (primary N) is 1. The first kappa shape index (κ1) is 8.68. The fourth-order valence-corrected chi connectivity index (χ4v) is 1.23. The molecule has 14 heavy (non-hydrogen) atoms. The number of benzene rings is 1. The highest BCUT2D eigenvalue weighted by atomic mass is 19.1. The van der Waals surface area contributed by atoms with Crippen LogP contribution in [0.1, 0.15) is 5.56 Å². The molecule has 2 aromatic rings. The van der Waals surface area contributed by atoms with Gasteiger partial charge in [0.15, 0.2) is 5.82 Å². The van der Waals surface area contributed by atoms with E-state index in [1.807, 2.05) is 0 Å². The Morgan fingerprint density at radius 3 is 2.79 bits per heavy atom. The highest BCUT2D eigenvalue weighted by Crippen LogP contribution is 2.13. The molecule has 2 rings (SSSR count). The second-order valence-corrected chi connectivity index (χ2v) is 2.99. The second-order valence-electron chi connectivity index (χ2n) is 2.99. The fourth-order valence-electron chi connectivity index (χ4n) is 1.23. The lowest BCUT2D eigenvalue weighted by atomic mass is 10.2. The van der Waals surface area contributed by atoms with Crippen LogP contribution < -0.4 is 5.73 Å². The van der Waals surface area contributed by atoms with Crippen molar-refractivity contribution in [1.82, 2.24) is 15.0 Å². The zero-order valence-electron chi connectivity index (χ0n) is 7.61. The summed E-state index contributed by atoms with van der Waals surface area (Å²) >= 11 is 0. The second kappa shape index (κ2) is 3.10. The number of aryl methyl sites for hydroxylation is 1. The number of nitrogen functional groups attached to an aromatic ring is 1. The van der Waals surface area contributed by atoms with Gasteiger partial charge >= 0.3 is 0 Å². The molecule has 0 amide bonds. The zero-order valence-corrected chi connectivity index (χ0v) is 7.61. The van der Waals surface area contributed by atoms with Gasteiger partial charge in [-0.15, -0.1) is 9.90 Å². The quantitative estimate of drug-likeness (QED) is 0.740. The molecule has 0 unspecified atom stereocenters. The normalized spacial score (nSPS) is 10.4. The summed E-state index contributed by atoms with van der Waals surface area (Å²) < 4.78 is 12.8. The number of halogens is 1. The van der Waals surface area contributed by atoms with Crippen LogP contribution in [0.5, 0.6) is 0 Å². The van der Waals surface area contributed by atoms with Gasteiger partial charge in [-0.1, -0.05) is 0 Å². The summed E-state index contributed by atoms with van der Waals surface area (Å²) in [6.45, 7) is 1.79. The van der Waals surface area contributed by atoms with Gasteiger partial charge in [-0.25, -0.2) is 4.39 Å². The molecule has 4 nitrogen and oxygen atoms in total. The molecule has 0 saturated heterocycles. The van der Waals surface area contributed by atoms with Crippen molar-refractivity contribution in [3.8, 4) is 5.69 Å². The van der Waals surface area contributed by atoms with E-state index in [0.717, 1.165) is 11.3 Å². The molecule has 72 valence electrons. The highest BCUT2D eigenvalue weighted by molar-refractivity contribution is 5.39. The highest BCUT2D eigenvalue weighted by Gasteiger charge is 2.04. The predicted molar refractivity (Wildman–Crippen MR) is 50.5 cm³/mol. The SMILES string of the molecule is Cc1cc(F)ccc1-n1ncc(N)n1. The summed E-state index contributed by atoms with van der Waals surface area (Å²) in [6.07, 6.45) is 1.45. The summed E-state index contributed by atoms with van der Waals surface area (Å²) in [5.41, 5.74) is 6.92. The number of aromatic nitrogens is 3. The van der Waals surface area contributed by atoms with Gasteiger partial charge < -0.3 is 5.73 Å².